The molecule has 0 aliphatic carbocycles. The number of nitrogens with two attached hydrogens (primary N) is 1. The molecule has 1 aromatic rings. The highest BCUT2D eigenvalue weighted by Crippen LogP contribution is 2.12. The molecule has 1 rings (SSSR count). The summed E-state index contributed by atoms with van der Waals surface area (Å²) in [6.45, 7) is 2.72. The molecule has 1 aromatic carbocycles. The van der Waals surface area contributed by atoms with Gasteiger partial charge < -0.3 is 15.7 Å². The molecule has 4 nitrogen and oxygen atoms in total. The summed E-state index contributed by atoms with van der Waals surface area (Å²) in [7, 11) is 0. The van der Waals surface area contributed by atoms with Gasteiger partial charge in [-0.05, 0) is 18.6 Å². The van der Waals surface area contributed by atoms with Crippen LogP contribution in [0.1, 0.15) is 22.8 Å². The summed E-state index contributed by atoms with van der Waals surface area (Å²) in [6, 6.07) is 7.27. The number of amides is 1. The molecule has 0 heterocycles. The zero-order valence-corrected chi connectivity index (χ0v) is 11.2. The number of aliphatic hydroxyl groups is 1. The van der Waals surface area contributed by atoms with E-state index in [1.54, 1.807) is 11.0 Å². The summed E-state index contributed by atoms with van der Waals surface area (Å²) in [4.78, 5) is 14.3. The Hall–Kier alpha value is -1.46. The smallest absolute Gasteiger partial charge is 0.254 e. The van der Waals surface area contributed by atoms with Crippen molar-refractivity contribution in [2.75, 3.05) is 19.7 Å². The van der Waals surface area contributed by atoms with Crippen LogP contribution in [-0.4, -0.2) is 40.6 Å². The molecule has 0 fully saturated rings. The molecule has 0 aliphatic rings. The minimum atomic E-state index is -0.0987. The molecule has 0 radical (unpaired) electrons. The summed E-state index contributed by atoms with van der Waals surface area (Å²) >= 11 is 4.88. The topological polar surface area (TPSA) is 66.6 Å². The number of carbonyl (C=O) groups excluding carboxylic acids is 1. The molecule has 5 heteroatoms. The number of thiocarbonyl (C=S) groups is 1. The molecule has 0 aromatic heterocycles. The molecule has 0 saturated carbocycles. The Labute approximate surface area is 112 Å². The van der Waals surface area contributed by atoms with Gasteiger partial charge in [-0.1, -0.05) is 30.4 Å². The molecule has 0 saturated heterocycles. The molecule has 0 unspecified atom stereocenters. The van der Waals surface area contributed by atoms with Crippen LogP contribution < -0.4 is 5.73 Å². The molecule has 0 atom stereocenters. The summed E-state index contributed by atoms with van der Waals surface area (Å²) in [5.41, 5.74) is 6.95. The first-order valence-electron chi connectivity index (χ1n) is 5.86. The average Bonchev–Trinajstić information content (AvgIpc) is 2.35. The van der Waals surface area contributed by atoms with E-state index in [9.17, 15) is 4.79 Å². The first kappa shape index (κ1) is 14.6. The van der Waals surface area contributed by atoms with Crippen LogP contribution in [0.4, 0.5) is 0 Å². The van der Waals surface area contributed by atoms with Gasteiger partial charge in [-0.25, -0.2) is 0 Å². The van der Waals surface area contributed by atoms with Crippen molar-refractivity contribution in [1.29, 1.82) is 0 Å². The molecular weight excluding hydrogens is 248 g/mol. The van der Waals surface area contributed by atoms with Crippen LogP contribution in [-0.2, 0) is 6.42 Å². The van der Waals surface area contributed by atoms with Crippen molar-refractivity contribution >= 4 is 23.1 Å². The van der Waals surface area contributed by atoms with Gasteiger partial charge in [-0.2, -0.15) is 0 Å². The number of hydrogen-bond acceptors (Lipinski definition) is 3. The van der Waals surface area contributed by atoms with Gasteiger partial charge in [0.2, 0.25) is 0 Å². The maximum absolute atomic E-state index is 12.3. The van der Waals surface area contributed by atoms with Crippen molar-refractivity contribution < 1.29 is 9.90 Å². The number of hydrogen-bond donors (Lipinski definition) is 2. The molecule has 18 heavy (non-hydrogen) atoms. The van der Waals surface area contributed by atoms with Crippen molar-refractivity contribution in [3.63, 3.8) is 0 Å². The Bertz CT molecular complexity index is 435. The van der Waals surface area contributed by atoms with Crippen molar-refractivity contribution in [1.82, 2.24) is 4.90 Å². The van der Waals surface area contributed by atoms with E-state index in [1.807, 2.05) is 25.1 Å². The van der Waals surface area contributed by atoms with Crippen LogP contribution in [0, 0.1) is 0 Å². The lowest BCUT2D eigenvalue weighted by Crippen LogP contribution is -2.34. The second-order valence-electron chi connectivity index (χ2n) is 3.91. The fourth-order valence-electron chi connectivity index (χ4n) is 1.77. The first-order chi connectivity index (χ1) is 8.60. The Morgan fingerprint density at radius 1 is 1.44 bits per heavy atom. The Kier molecular flexibility index (Phi) is 5.74. The monoisotopic (exact) mass is 266 g/mol. The Balaban J connectivity index is 3.00. The second-order valence-corrected chi connectivity index (χ2v) is 4.43. The van der Waals surface area contributed by atoms with Gasteiger partial charge in [0, 0.05) is 25.1 Å². The van der Waals surface area contributed by atoms with E-state index in [2.05, 4.69) is 0 Å². The quantitative estimate of drug-likeness (QED) is 0.753. The molecule has 0 spiro atoms. The standard InChI is InChI=1S/C13H18N2O2S/c1-2-15(7-8-16)13(17)11-6-4-3-5-10(11)9-12(14)18/h3-6,16H,2,7-9H2,1H3,(H2,14,18). The largest absolute Gasteiger partial charge is 0.395 e. The van der Waals surface area contributed by atoms with Crippen LogP contribution in [0.5, 0.6) is 0 Å². The third-order valence-corrected chi connectivity index (χ3v) is 2.80. The highest BCUT2D eigenvalue weighted by molar-refractivity contribution is 7.80. The van der Waals surface area contributed by atoms with Gasteiger partial charge in [-0.15, -0.1) is 0 Å². The van der Waals surface area contributed by atoms with E-state index < -0.39 is 0 Å². The molecular formula is C13H18N2O2S. The lowest BCUT2D eigenvalue weighted by Gasteiger charge is -2.21. The fraction of sp³-hybridized carbons (Fsp3) is 0.385. The summed E-state index contributed by atoms with van der Waals surface area (Å²) in [5.74, 6) is -0.0987. The zero-order chi connectivity index (χ0) is 13.5. The highest BCUT2D eigenvalue weighted by atomic mass is 32.1. The van der Waals surface area contributed by atoms with Crippen LogP contribution in [0.2, 0.25) is 0 Å². The summed E-state index contributed by atoms with van der Waals surface area (Å²) < 4.78 is 0. The number of nitrogens with zero attached hydrogens (tertiary/aromatic N) is 1. The third kappa shape index (κ3) is 3.78. The predicted molar refractivity (Wildman–Crippen MR) is 75.6 cm³/mol. The number of aliphatic hydroxyl groups excluding tert-OH is 1. The molecule has 98 valence electrons. The third-order valence-electron chi connectivity index (χ3n) is 2.65. The van der Waals surface area contributed by atoms with Crippen molar-refractivity contribution in [3.05, 3.63) is 35.4 Å². The van der Waals surface area contributed by atoms with Crippen molar-refractivity contribution in [2.45, 2.75) is 13.3 Å². The number of benzene rings is 1. The van der Waals surface area contributed by atoms with Crippen LogP contribution >= 0.6 is 12.2 Å². The minimum absolute atomic E-state index is 0.0446. The van der Waals surface area contributed by atoms with E-state index in [-0.39, 0.29) is 12.5 Å². The summed E-state index contributed by atoms with van der Waals surface area (Å²) in [5, 5.41) is 8.94. The predicted octanol–water partition coefficient (Wildman–Crippen LogP) is 0.970. The number of carbonyl (C=O) groups is 1. The maximum atomic E-state index is 12.3. The van der Waals surface area contributed by atoms with Crippen LogP contribution in [0.15, 0.2) is 24.3 Å². The SMILES string of the molecule is CCN(CCO)C(=O)c1ccccc1CC(N)=S. The normalized spacial score (nSPS) is 10.1. The molecule has 0 aliphatic heterocycles. The van der Waals surface area contributed by atoms with Crippen molar-refractivity contribution in [3.8, 4) is 0 Å². The average molecular weight is 266 g/mol. The number of rotatable bonds is 6. The van der Waals surface area contributed by atoms with E-state index >= 15 is 0 Å². The minimum Gasteiger partial charge on any atom is -0.395 e. The Morgan fingerprint density at radius 2 is 2.11 bits per heavy atom. The van der Waals surface area contributed by atoms with Crippen LogP contribution in [0.25, 0.3) is 0 Å². The maximum Gasteiger partial charge on any atom is 0.254 e. The van der Waals surface area contributed by atoms with Gasteiger partial charge in [0.15, 0.2) is 0 Å². The van der Waals surface area contributed by atoms with E-state index in [4.69, 9.17) is 23.1 Å². The van der Waals surface area contributed by atoms with Gasteiger partial charge in [0.05, 0.1) is 11.6 Å². The zero-order valence-electron chi connectivity index (χ0n) is 10.4. The van der Waals surface area contributed by atoms with Gasteiger partial charge in [0.25, 0.3) is 5.91 Å². The van der Waals surface area contributed by atoms with Gasteiger partial charge in [0.1, 0.15) is 0 Å². The second kappa shape index (κ2) is 7.08. The molecule has 0 bridgehead atoms. The van der Waals surface area contributed by atoms with Gasteiger partial charge in [-0.3, -0.25) is 4.79 Å². The first-order valence-corrected chi connectivity index (χ1v) is 6.27. The molecule has 3 N–H and O–H groups in total. The van der Waals surface area contributed by atoms with E-state index in [0.29, 0.717) is 30.1 Å². The lowest BCUT2D eigenvalue weighted by atomic mass is 10.0. The van der Waals surface area contributed by atoms with Crippen molar-refractivity contribution in [2.24, 2.45) is 5.73 Å². The lowest BCUT2D eigenvalue weighted by molar-refractivity contribution is 0.0731. The highest BCUT2D eigenvalue weighted by Gasteiger charge is 2.16. The number of likely N-dealkylation sites (N-methyl/N-ethyl adjacent to an activating group) is 1. The van der Waals surface area contributed by atoms with Gasteiger partial charge >= 0.3 is 0 Å². The van der Waals surface area contributed by atoms with Crippen LogP contribution in [0.3, 0.4) is 0 Å². The molecule has 1 amide bonds. The Morgan fingerprint density at radius 3 is 2.67 bits per heavy atom. The summed E-state index contributed by atoms with van der Waals surface area (Å²) in [6.07, 6.45) is 0.411. The van der Waals surface area contributed by atoms with E-state index in [1.165, 1.54) is 0 Å². The fourth-order valence-corrected chi connectivity index (χ4v) is 1.92. The van der Waals surface area contributed by atoms with E-state index in [0.717, 1.165) is 5.56 Å².